The molecule has 0 aromatic carbocycles. The van der Waals surface area contributed by atoms with Crippen LogP contribution in [-0.2, 0) is 4.74 Å². The summed E-state index contributed by atoms with van der Waals surface area (Å²) in [6, 6.07) is 0. The lowest BCUT2D eigenvalue weighted by Crippen LogP contribution is -2.50. The van der Waals surface area contributed by atoms with E-state index in [1.54, 1.807) is 0 Å². The number of ether oxygens (including phenoxy) is 1. The minimum atomic E-state index is 0.901. The molecule has 0 saturated heterocycles. The Hall–Kier alpha value is -0.0800. The van der Waals surface area contributed by atoms with Gasteiger partial charge in [0, 0.05) is 13.0 Å². The molecule has 0 aliphatic carbocycles. The van der Waals surface area contributed by atoms with Gasteiger partial charge in [-0.3, -0.25) is 0 Å². The van der Waals surface area contributed by atoms with Gasteiger partial charge in [-0.15, -0.1) is 0 Å². The van der Waals surface area contributed by atoms with Crippen LogP contribution < -0.4 is 5.73 Å². The maximum absolute atomic E-state index is 5.44. The van der Waals surface area contributed by atoms with E-state index < -0.39 is 0 Å². The first-order chi connectivity index (χ1) is 6.41. The number of hydrogen-bond donors (Lipinski definition) is 1. The van der Waals surface area contributed by atoms with Crippen LogP contribution >= 0.6 is 0 Å². The van der Waals surface area contributed by atoms with Crippen LogP contribution in [0.2, 0.25) is 0 Å². The standard InChI is InChI=1S/C11H25NO/c1-2-3-4-5-6-7-10-13-11-8-9-12/h2-12H2,1H3/p+1. The average Bonchev–Trinajstić information content (AvgIpc) is 2.16. The summed E-state index contributed by atoms with van der Waals surface area (Å²) in [7, 11) is 0. The Morgan fingerprint density at radius 2 is 1.46 bits per heavy atom. The molecule has 3 N–H and O–H groups in total. The second-order valence-corrected chi connectivity index (χ2v) is 3.59. The average molecular weight is 188 g/mol. The largest absolute Gasteiger partial charge is 0.381 e. The van der Waals surface area contributed by atoms with Gasteiger partial charge in [0.25, 0.3) is 0 Å². The summed E-state index contributed by atoms with van der Waals surface area (Å²) >= 11 is 0. The zero-order valence-electron chi connectivity index (χ0n) is 9.19. The van der Waals surface area contributed by atoms with Crippen molar-refractivity contribution in [2.24, 2.45) is 0 Å². The highest BCUT2D eigenvalue weighted by Crippen LogP contribution is 2.04. The molecule has 0 heterocycles. The minimum Gasteiger partial charge on any atom is -0.381 e. The van der Waals surface area contributed by atoms with E-state index >= 15 is 0 Å². The van der Waals surface area contributed by atoms with Crippen molar-refractivity contribution >= 4 is 0 Å². The molecule has 0 spiro atoms. The number of rotatable bonds is 10. The van der Waals surface area contributed by atoms with E-state index in [9.17, 15) is 0 Å². The molecule has 0 rings (SSSR count). The molecule has 0 saturated carbocycles. The number of quaternary nitrogens is 1. The Kier molecular flexibility index (Phi) is 11.8. The van der Waals surface area contributed by atoms with Gasteiger partial charge in [-0.05, 0) is 6.42 Å². The van der Waals surface area contributed by atoms with Crippen LogP contribution in [0, 0.1) is 0 Å². The van der Waals surface area contributed by atoms with Crippen molar-refractivity contribution in [1.82, 2.24) is 0 Å². The lowest BCUT2D eigenvalue weighted by Gasteiger charge is -2.02. The summed E-state index contributed by atoms with van der Waals surface area (Å²) in [4.78, 5) is 0. The van der Waals surface area contributed by atoms with Crippen molar-refractivity contribution in [3.05, 3.63) is 0 Å². The molecular formula is C11H26NO+. The minimum absolute atomic E-state index is 0.901. The monoisotopic (exact) mass is 188 g/mol. The fourth-order valence-electron chi connectivity index (χ4n) is 1.29. The molecule has 0 radical (unpaired) electrons. The SMILES string of the molecule is CCCCCCCCOCCC[NH3+]. The quantitative estimate of drug-likeness (QED) is 0.523. The molecule has 2 heteroatoms. The van der Waals surface area contributed by atoms with E-state index in [0.29, 0.717) is 0 Å². The highest BCUT2D eigenvalue weighted by atomic mass is 16.5. The van der Waals surface area contributed by atoms with E-state index in [0.717, 1.165) is 26.2 Å². The summed E-state index contributed by atoms with van der Waals surface area (Å²) in [6.07, 6.45) is 9.19. The second kappa shape index (κ2) is 11.9. The molecule has 0 unspecified atom stereocenters. The van der Waals surface area contributed by atoms with E-state index in [4.69, 9.17) is 4.74 Å². The van der Waals surface area contributed by atoms with E-state index in [1.807, 2.05) is 0 Å². The van der Waals surface area contributed by atoms with Gasteiger partial charge in [0.15, 0.2) is 0 Å². The van der Waals surface area contributed by atoms with Gasteiger partial charge in [0.1, 0.15) is 0 Å². The molecule has 0 bridgehead atoms. The lowest BCUT2D eigenvalue weighted by molar-refractivity contribution is -0.369. The molecule has 0 aliphatic heterocycles. The molecule has 0 atom stereocenters. The molecule has 80 valence electrons. The topological polar surface area (TPSA) is 36.9 Å². The van der Waals surface area contributed by atoms with Gasteiger partial charge in [-0.25, -0.2) is 0 Å². The highest BCUT2D eigenvalue weighted by molar-refractivity contribution is 4.43. The Bertz CT molecular complexity index is 76.2. The molecule has 0 amide bonds. The third kappa shape index (κ3) is 11.9. The van der Waals surface area contributed by atoms with E-state index in [-0.39, 0.29) is 0 Å². The normalized spacial score (nSPS) is 10.6. The summed E-state index contributed by atoms with van der Waals surface area (Å²) in [5, 5.41) is 0. The van der Waals surface area contributed by atoms with Crippen LogP contribution in [0.25, 0.3) is 0 Å². The van der Waals surface area contributed by atoms with Gasteiger partial charge in [-0.1, -0.05) is 39.0 Å². The van der Waals surface area contributed by atoms with Crippen LogP contribution in [0.4, 0.5) is 0 Å². The van der Waals surface area contributed by atoms with Gasteiger partial charge < -0.3 is 10.5 Å². The first-order valence-corrected chi connectivity index (χ1v) is 5.78. The third-order valence-corrected chi connectivity index (χ3v) is 2.18. The molecule has 2 nitrogen and oxygen atoms in total. The van der Waals surface area contributed by atoms with Crippen molar-refractivity contribution in [3.8, 4) is 0 Å². The van der Waals surface area contributed by atoms with Gasteiger partial charge >= 0.3 is 0 Å². The van der Waals surface area contributed by atoms with Crippen molar-refractivity contribution in [3.63, 3.8) is 0 Å². The summed E-state index contributed by atoms with van der Waals surface area (Å²) in [5.74, 6) is 0. The van der Waals surface area contributed by atoms with Crippen LogP contribution in [0.1, 0.15) is 51.9 Å². The maximum Gasteiger partial charge on any atom is 0.0762 e. The second-order valence-electron chi connectivity index (χ2n) is 3.59. The molecular weight excluding hydrogens is 162 g/mol. The van der Waals surface area contributed by atoms with E-state index in [2.05, 4.69) is 12.7 Å². The molecule has 0 aromatic heterocycles. The van der Waals surface area contributed by atoms with Crippen molar-refractivity contribution in [2.75, 3.05) is 19.8 Å². The van der Waals surface area contributed by atoms with Crippen LogP contribution in [0.5, 0.6) is 0 Å². The molecule has 0 aliphatic rings. The Morgan fingerprint density at radius 1 is 0.846 bits per heavy atom. The summed E-state index contributed by atoms with van der Waals surface area (Å²) < 4.78 is 5.44. The van der Waals surface area contributed by atoms with Gasteiger partial charge in [-0.2, -0.15) is 0 Å². The van der Waals surface area contributed by atoms with Crippen molar-refractivity contribution < 1.29 is 10.5 Å². The van der Waals surface area contributed by atoms with Crippen molar-refractivity contribution in [1.29, 1.82) is 0 Å². The third-order valence-electron chi connectivity index (χ3n) is 2.18. The van der Waals surface area contributed by atoms with E-state index in [1.165, 1.54) is 38.5 Å². The molecule has 0 aromatic rings. The molecule has 0 fully saturated rings. The predicted octanol–water partition coefficient (Wildman–Crippen LogP) is 2.00. The van der Waals surface area contributed by atoms with Crippen molar-refractivity contribution in [2.45, 2.75) is 51.9 Å². The predicted molar refractivity (Wildman–Crippen MR) is 56.6 cm³/mol. The van der Waals surface area contributed by atoms with Crippen LogP contribution in [0.15, 0.2) is 0 Å². The fraction of sp³-hybridized carbons (Fsp3) is 1.00. The van der Waals surface area contributed by atoms with Crippen LogP contribution in [0.3, 0.4) is 0 Å². The van der Waals surface area contributed by atoms with Crippen LogP contribution in [-0.4, -0.2) is 19.8 Å². The lowest BCUT2D eigenvalue weighted by atomic mass is 10.1. The first-order valence-electron chi connectivity index (χ1n) is 5.78. The number of unbranched alkanes of at least 4 members (excludes halogenated alkanes) is 5. The summed E-state index contributed by atoms with van der Waals surface area (Å²) in [6.45, 7) is 5.10. The molecule has 13 heavy (non-hydrogen) atoms. The highest BCUT2D eigenvalue weighted by Gasteiger charge is 1.91. The Labute approximate surface area is 82.8 Å². The zero-order chi connectivity index (χ0) is 9.78. The fourth-order valence-corrected chi connectivity index (χ4v) is 1.29. The maximum atomic E-state index is 5.44. The first kappa shape index (κ1) is 12.9. The van der Waals surface area contributed by atoms with Gasteiger partial charge in [0.05, 0.1) is 13.2 Å². The summed E-state index contributed by atoms with van der Waals surface area (Å²) in [5.41, 5.74) is 3.77. The number of hydrogen-bond acceptors (Lipinski definition) is 1. The Balaban J connectivity index is 2.76. The van der Waals surface area contributed by atoms with Gasteiger partial charge in [0.2, 0.25) is 0 Å². The smallest absolute Gasteiger partial charge is 0.0762 e. The zero-order valence-corrected chi connectivity index (χ0v) is 9.19. The Morgan fingerprint density at radius 3 is 2.15 bits per heavy atom.